The first kappa shape index (κ1) is 17.3. The summed E-state index contributed by atoms with van der Waals surface area (Å²) in [5.41, 5.74) is 1.58. The van der Waals surface area contributed by atoms with Gasteiger partial charge in [0.1, 0.15) is 5.75 Å². The normalized spacial score (nSPS) is 18.0. The Morgan fingerprint density at radius 2 is 2.09 bits per heavy atom. The summed E-state index contributed by atoms with van der Waals surface area (Å²) in [4.78, 5) is 26.8. The number of carbonyl (C=O) groups excluding carboxylic acids is 2. The van der Waals surface area contributed by atoms with Crippen LogP contribution in [-0.2, 0) is 4.79 Å². The zero-order valence-electron chi connectivity index (χ0n) is 14.4. The van der Waals surface area contributed by atoms with Gasteiger partial charge in [-0.15, -0.1) is 0 Å². The van der Waals surface area contributed by atoms with Gasteiger partial charge in [0, 0.05) is 19.1 Å². The molecule has 1 atom stereocenters. The smallest absolute Gasteiger partial charge is 0.257 e. The number of methoxy groups -OCH3 is 1. The molecule has 1 heterocycles. The average molecular weight is 318 g/mol. The topological polar surface area (TPSA) is 58.6 Å². The Hall–Kier alpha value is -2.04. The van der Waals surface area contributed by atoms with Crippen LogP contribution in [0.2, 0.25) is 0 Å². The van der Waals surface area contributed by atoms with Crippen molar-refractivity contribution in [1.29, 1.82) is 0 Å². The van der Waals surface area contributed by atoms with E-state index in [1.807, 2.05) is 39.0 Å². The SMILES string of the molecule is COc1ccc(C)cc1C(=O)N1CCC[C@H](C(=O)NC(C)C)C1. The Labute approximate surface area is 138 Å². The van der Waals surface area contributed by atoms with Crippen LogP contribution in [0.15, 0.2) is 18.2 Å². The van der Waals surface area contributed by atoms with Crippen LogP contribution in [0, 0.1) is 12.8 Å². The third-order valence-electron chi connectivity index (χ3n) is 4.10. The van der Waals surface area contributed by atoms with Crippen LogP contribution in [0.5, 0.6) is 5.75 Å². The van der Waals surface area contributed by atoms with Gasteiger partial charge in [-0.1, -0.05) is 11.6 Å². The number of aryl methyl sites for hydroxylation is 1. The molecule has 2 rings (SSSR count). The first-order valence-corrected chi connectivity index (χ1v) is 8.16. The van der Waals surface area contributed by atoms with E-state index in [1.165, 1.54) is 0 Å². The molecule has 1 aromatic carbocycles. The minimum absolute atomic E-state index is 0.0358. The number of nitrogens with one attached hydrogen (secondary N) is 1. The summed E-state index contributed by atoms with van der Waals surface area (Å²) in [7, 11) is 1.57. The van der Waals surface area contributed by atoms with Crippen LogP contribution in [-0.4, -0.2) is 43.0 Å². The van der Waals surface area contributed by atoms with Crippen LogP contribution in [0.1, 0.15) is 42.6 Å². The molecular weight excluding hydrogens is 292 g/mol. The number of likely N-dealkylation sites (tertiary alicyclic amines) is 1. The van der Waals surface area contributed by atoms with Crippen LogP contribution >= 0.6 is 0 Å². The molecule has 126 valence electrons. The summed E-state index contributed by atoms with van der Waals surface area (Å²) in [6.45, 7) is 6.99. The summed E-state index contributed by atoms with van der Waals surface area (Å²) in [5.74, 6) is 0.418. The van der Waals surface area contributed by atoms with Crippen molar-refractivity contribution in [2.45, 2.75) is 39.7 Å². The molecule has 1 N–H and O–H groups in total. The van der Waals surface area contributed by atoms with Crippen molar-refractivity contribution in [1.82, 2.24) is 10.2 Å². The molecule has 5 nitrogen and oxygen atoms in total. The van der Waals surface area contributed by atoms with Crippen LogP contribution < -0.4 is 10.1 Å². The molecule has 1 aliphatic heterocycles. The van der Waals surface area contributed by atoms with E-state index in [4.69, 9.17) is 4.74 Å². The third kappa shape index (κ3) is 4.24. The number of hydrogen-bond acceptors (Lipinski definition) is 3. The van der Waals surface area contributed by atoms with Gasteiger partial charge >= 0.3 is 0 Å². The molecule has 0 saturated carbocycles. The monoisotopic (exact) mass is 318 g/mol. The lowest BCUT2D eigenvalue weighted by molar-refractivity contribution is -0.126. The van der Waals surface area contributed by atoms with E-state index >= 15 is 0 Å². The summed E-state index contributed by atoms with van der Waals surface area (Å²) in [6.07, 6.45) is 1.67. The lowest BCUT2D eigenvalue weighted by Crippen LogP contribution is -2.46. The van der Waals surface area contributed by atoms with Gasteiger partial charge in [-0.2, -0.15) is 0 Å². The minimum Gasteiger partial charge on any atom is -0.496 e. The highest BCUT2D eigenvalue weighted by atomic mass is 16.5. The molecule has 0 bridgehead atoms. The Kier molecular flexibility index (Phi) is 5.64. The minimum atomic E-state index is -0.133. The number of rotatable bonds is 4. The highest BCUT2D eigenvalue weighted by Crippen LogP contribution is 2.24. The zero-order chi connectivity index (χ0) is 17.0. The Balaban J connectivity index is 2.13. The highest BCUT2D eigenvalue weighted by molar-refractivity contribution is 5.97. The number of amides is 2. The summed E-state index contributed by atoms with van der Waals surface area (Å²) in [6, 6.07) is 5.70. The van der Waals surface area contributed by atoms with Crippen molar-refractivity contribution < 1.29 is 14.3 Å². The predicted octanol–water partition coefficient (Wildman–Crippen LogP) is 2.38. The Morgan fingerprint density at radius 3 is 2.74 bits per heavy atom. The van der Waals surface area contributed by atoms with E-state index in [2.05, 4.69) is 5.32 Å². The first-order chi connectivity index (χ1) is 10.9. The summed E-state index contributed by atoms with van der Waals surface area (Å²) >= 11 is 0. The van der Waals surface area contributed by atoms with Crippen molar-refractivity contribution in [3.05, 3.63) is 29.3 Å². The van der Waals surface area contributed by atoms with E-state index in [1.54, 1.807) is 12.0 Å². The number of piperidine rings is 1. The molecule has 1 aromatic rings. The lowest BCUT2D eigenvalue weighted by Gasteiger charge is -2.32. The molecule has 2 amide bonds. The number of nitrogens with zero attached hydrogens (tertiary/aromatic N) is 1. The van der Waals surface area contributed by atoms with Crippen LogP contribution in [0.4, 0.5) is 0 Å². The quantitative estimate of drug-likeness (QED) is 0.927. The average Bonchev–Trinajstić information content (AvgIpc) is 2.53. The molecule has 5 heteroatoms. The van der Waals surface area contributed by atoms with Gasteiger partial charge in [-0.25, -0.2) is 0 Å². The number of ether oxygens (including phenoxy) is 1. The van der Waals surface area contributed by atoms with E-state index < -0.39 is 0 Å². The van der Waals surface area contributed by atoms with Crippen LogP contribution in [0.3, 0.4) is 0 Å². The first-order valence-electron chi connectivity index (χ1n) is 8.16. The van der Waals surface area contributed by atoms with Crippen molar-refractivity contribution in [3.8, 4) is 5.75 Å². The van der Waals surface area contributed by atoms with Gasteiger partial charge in [-0.3, -0.25) is 9.59 Å². The fourth-order valence-electron chi connectivity index (χ4n) is 2.94. The van der Waals surface area contributed by atoms with E-state index in [0.717, 1.165) is 18.4 Å². The second kappa shape index (κ2) is 7.49. The number of hydrogen-bond donors (Lipinski definition) is 1. The van der Waals surface area contributed by atoms with Crippen molar-refractivity contribution in [3.63, 3.8) is 0 Å². The molecule has 0 aromatic heterocycles. The molecule has 0 radical (unpaired) electrons. The van der Waals surface area contributed by atoms with Gasteiger partial charge in [-0.05, 0) is 45.7 Å². The van der Waals surface area contributed by atoms with Gasteiger partial charge in [0.15, 0.2) is 0 Å². The second-order valence-electron chi connectivity index (χ2n) is 6.46. The number of carbonyl (C=O) groups is 2. The van der Waals surface area contributed by atoms with Crippen molar-refractivity contribution in [2.24, 2.45) is 5.92 Å². The standard InChI is InChI=1S/C18H26N2O3/c1-12(2)19-17(21)14-6-5-9-20(11-14)18(22)15-10-13(3)7-8-16(15)23-4/h7-8,10,12,14H,5-6,9,11H2,1-4H3,(H,19,21)/t14-/m0/s1. The maximum atomic E-state index is 12.8. The van der Waals surface area contributed by atoms with Crippen LogP contribution in [0.25, 0.3) is 0 Å². The van der Waals surface area contributed by atoms with Gasteiger partial charge < -0.3 is 15.0 Å². The molecule has 1 aliphatic rings. The third-order valence-corrected chi connectivity index (χ3v) is 4.10. The lowest BCUT2D eigenvalue weighted by atomic mass is 9.96. The molecule has 0 aliphatic carbocycles. The maximum absolute atomic E-state index is 12.8. The van der Waals surface area contributed by atoms with E-state index in [9.17, 15) is 9.59 Å². The number of benzene rings is 1. The second-order valence-corrected chi connectivity index (χ2v) is 6.46. The maximum Gasteiger partial charge on any atom is 0.257 e. The Bertz CT molecular complexity index is 584. The predicted molar refractivity (Wildman–Crippen MR) is 89.6 cm³/mol. The molecule has 1 saturated heterocycles. The summed E-state index contributed by atoms with van der Waals surface area (Å²) < 4.78 is 5.31. The molecule has 23 heavy (non-hydrogen) atoms. The van der Waals surface area contributed by atoms with Gasteiger partial charge in [0.2, 0.25) is 5.91 Å². The Morgan fingerprint density at radius 1 is 1.35 bits per heavy atom. The molecular formula is C18H26N2O3. The highest BCUT2D eigenvalue weighted by Gasteiger charge is 2.30. The fraction of sp³-hybridized carbons (Fsp3) is 0.556. The zero-order valence-corrected chi connectivity index (χ0v) is 14.4. The van der Waals surface area contributed by atoms with Crippen molar-refractivity contribution >= 4 is 11.8 Å². The van der Waals surface area contributed by atoms with Gasteiger partial charge in [0.25, 0.3) is 5.91 Å². The fourth-order valence-corrected chi connectivity index (χ4v) is 2.94. The van der Waals surface area contributed by atoms with E-state index in [0.29, 0.717) is 24.4 Å². The largest absolute Gasteiger partial charge is 0.496 e. The summed E-state index contributed by atoms with van der Waals surface area (Å²) in [5, 5.41) is 2.94. The molecule has 0 unspecified atom stereocenters. The van der Waals surface area contributed by atoms with Crippen molar-refractivity contribution in [2.75, 3.05) is 20.2 Å². The molecule has 0 spiro atoms. The molecule has 1 fully saturated rings. The van der Waals surface area contributed by atoms with Gasteiger partial charge in [0.05, 0.1) is 18.6 Å². The van der Waals surface area contributed by atoms with E-state index in [-0.39, 0.29) is 23.8 Å².